The lowest BCUT2D eigenvalue weighted by Gasteiger charge is -2.20. The molecule has 0 fully saturated rings. The molecule has 3 aromatic rings. The molecule has 0 radical (unpaired) electrons. The largest absolute Gasteiger partial charge is 0.340 e. The van der Waals surface area contributed by atoms with Gasteiger partial charge in [0.25, 0.3) is 5.91 Å². The average molecular weight is 450 g/mol. The summed E-state index contributed by atoms with van der Waals surface area (Å²) < 4.78 is 0. The third-order valence-electron chi connectivity index (χ3n) is 5.40. The van der Waals surface area contributed by atoms with Crippen molar-refractivity contribution in [1.82, 2.24) is 29.7 Å². The van der Waals surface area contributed by atoms with E-state index in [-0.39, 0.29) is 5.91 Å². The minimum atomic E-state index is 0.00431. The molecule has 2 heterocycles. The van der Waals surface area contributed by atoms with Crippen LogP contribution >= 0.6 is 11.8 Å². The molecule has 8 nitrogen and oxygen atoms in total. The van der Waals surface area contributed by atoms with E-state index in [4.69, 9.17) is 4.98 Å². The topological polar surface area (TPSA) is 87.1 Å². The van der Waals surface area contributed by atoms with Crippen LogP contribution in [0.3, 0.4) is 0 Å². The van der Waals surface area contributed by atoms with Gasteiger partial charge in [-0.05, 0) is 63.0 Å². The van der Waals surface area contributed by atoms with Gasteiger partial charge in [0.05, 0.1) is 11.4 Å². The Morgan fingerprint density at radius 3 is 2.53 bits per heavy atom. The quantitative estimate of drug-likeness (QED) is 0.435. The van der Waals surface area contributed by atoms with Crippen LogP contribution < -0.4 is 5.32 Å². The molecule has 1 aliphatic rings. The molecule has 0 saturated carbocycles. The smallest absolute Gasteiger partial charge is 0.253 e. The second-order valence-corrected chi connectivity index (χ2v) is 8.79. The minimum Gasteiger partial charge on any atom is -0.340 e. The molecule has 0 bridgehead atoms. The van der Waals surface area contributed by atoms with Gasteiger partial charge in [0.15, 0.2) is 5.16 Å². The molecule has 1 N–H and O–H groups in total. The van der Waals surface area contributed by atoms with Gasteiger partial charge in [0, 0.05) is 49.3 Å². The van der Waals surface area contributed by atoms with Crippen LogP contribution in [0.25, 0.3) is 11.3 Å². The maximum Gasteiger partial charge on any atom is 0.253 e. The first-order chi connectivity index (χ1) is 15.4. The van der Waals surface area contributed by atoms with E-state index in [0.29, 0.717) is 18.1 Å². The van der Waals surface area contributed by atoms with Crippen molar-refractivity contribution in [1.29, 1.82) is 0 Å². The number of anilines is 2. The van der Waals surface area contributed by atoms with Gasteiger partial charge >= 0.3 is 0 Å². The molecule has 0 saturated heterocycles. The van der Waals surface area contributed by atoms with E-state index >= 15 is 0 Å². The number of likely N-dealkylation sites (N-methyl/N-ethyl adjacent to an activating group) is 2. The minimum absolute atomic E-state index is 0.00431. The van der Waals surface area contributed by atoms with Gasteiger partial charge in [-0.3, -0.25) is 4.79 Å². The van der Waals surface area contributed by atoms with E-state index in [2.05, 4.69) is 25.2 Å². The third kappa shape index (κ3) is 4.89. The summed E-state index contributed by atoms with van der Waals surface area (Å²) in [5, 5.41) is 4.02. The summed E-state index contributed by atoms with van der Waals surface area (Å²) >= 11 is 1.54. The van der Waals surface area contributed by atoms with Crippen LogP contribution in [-0.2, 0) is 12.8 Å². The van der Waals surface area contributed by atoms with Crippen LogP contribution in [-0.4, -0.2) is 76.1 Å². The molecule has 166 valence electrons. The second kappa shape index (κ2) is 9.62. The zero-order valence-electron chi connectivity index (χ0n) is 18.8. The van der Waals surface area contributed by atoms with E-state index in [0.717, 1.165) is 52.7 Å². The summed E-state index contributed by atoms with van der Waals surface area (Å²) in [5.41, 5.74) is 5.45. The number of aromatic nitrogens is 4. The Kier molecular flexibility index (Phi) is 6.66. The molecule has 1 aliphatic carbocycles. The highest BCUT2D eigenvalue weighted by atomic mass is 32.2. The van der Waals surface area contributed by atoms with E-state index in [1.807, 2.05) is 64.1 Å². The summed E-state index contributed by atoms with van der Waals surface area (Å²) in [6.45, 7) is 1.50. The van der Waals surface area contributed by atoms with E-state index < -0.39 is 0 Å². The standard InChI is InChI=1S/C23H27N7OS/c1-29(2)11-12-30(3)21(31)15-5-8-17(9-6-15)26-22-24-13-16-7-10-19-18(20(16)28-22)14-25-23(27-19)32-4/h5-6,8-9,13-14H,7,10-12H2,1-4H3,(H,24,26,28). The second-order valence-electron chi connectivity index (χ2n) is 8.02. The van der Waals surface area contributed by atoms with Crippen molar-refractivity contribution in [3.05, 3.63) is 53.5 Å². The number of carbonyl (C=O) groups excluding carboxylic acids is 1. The van der Waals surface area contributed by atoms with Crippen molar-refractivity contribution in [2.45, 2.75) is 18.0 Å². The molecule has 2 aromatic heterocycles. The molecular formula is C23H27N7OS. The average Bonchev–Trinajstić information content (AvgIpc) is 2.82. The number of fused-ring (bicyclic) bond motifs is 3. The number of aryl methyl sites for hydroxylation is 2. The predicted octanol–water partition coefficient (Wildman–Crippen LogP) is 3.13. The van der Waals surface area contributed by atoms with Crippen molar-refractivity contribution in [3.8, 4) is 11.3 Å². The Balaban J connectivity index is 1.49. The van der Waals surface area contributed by atoms with Crippen LogP contribution in [0.1, 0.15) is 21.6 Å². The lowest BCUT2D eigenvalue weighted by Crippen LogP contribution is -2.33. The van der Waals surface area contributed by atoms with Crippen LogP contribution in [0.15, 0.2) is 41.8 Å². The van der Waals surface area contributed by atoms with Gasteiger partial charge < -0.3 is 15.1 Å². The number of hydrogen-bond donors (Lipinski definition) is 1. The first-order valence-electron chi connectivity index (χ1n) is 10.5. The first-order valence-corrected chi connectivity index (χ1v) is 11.7. The Labute approximate surface area is 192 Å². The van der Waals surface area contributed by atoms with Crippen LogP contribution in [0.4, 0.5) is 11.6 Å². The van der Waals surface area contributed by atoms with Gasteiger partial charge in [-0.1, -0.05) is 11.8 Å². The molecule has 9 heteroatoms. The number of benzene rings is 1. The summed E-state index contributed by atoms with van der Waals surface area (Å²) in [6, 6.07) is 7.39. The van der Waals surface area contributed by atoms with Crippen molar-refractivity contribution >= 4 is 29.3 Å². The summed E-state index contributed by atoms with van der Waals surface area (Å²) in [4.78, 5) is 34.7. The lowest BCUT2D eigenvalue weighted by atomic mass is 9.95. The fraction of sp³-hybridized carbons (Fsp3) is 0.348. The third-order valence-corrected chi connectivity index (χ3v) is 5.96. The number of nitrogens with one attached hydrogen (secondary N) is 1. The van der Waals surface area contributed by atoms with E-state index in [1.165, 1.54) is 0 Å². The van der Waals surface area contributed by atoms with Crippen molar-refractivity contribution in [2.75, 3.05) is 45.8 Å². The molecule has 0 aliphatic heterocycles. The highest BCUT2D eigenvalue weighted by molar-refractivity contribution is 7.98. The van der Waals surface area contributed by atoms with Gasteiger partial charge in [-0.2, -0.15) is 0 Å². The van der Waals surface area contributed by atoms with Crippen molar-refractivity contribution in [2.24, 2.45) is 0 Å². The van der Waals surface area contributed by atoms with E-state index in [9.17, 15) is 4.79 Å². The Bertz CT molecular complexity index is 1120. The Morgan fingerprint density at radius 1 is 1.03 bits per heavy atom. The monoisotopic (exact) mass is 449 g/mol. The molecule has 0 atom stereocenters. The zero-order chi connectivity index (χ0) is 22.7. The van der Waals surface area contributed by atoms with E-state index in [1.54, 1.807) is 16.7 Å². The highest BCUT2D eigenvalue weighted by Gasteiger charge is 2.21. The Morgan fingerprint density at radius 2 is 1.81 bits per heavy atom. The Hall–Kier alpha value is -3.04. The maximum absolute atomic E-state index is 12.6. The molecule has 0 unspecified atom stereocenters. The fourth-order valence-corrected chi connectivity index (χ4v) is 3.88. The summed E-state index contributed by atoms with van der Waals surface area (Å²) in [6.07, 6.45) is 7.44. The first kappa shape index (κ1) is 22.2. The fourth-order valence-electron chi connectivity index (χ4n) is 3.52. The van der Waals surface area contributed by atoms with Gasteiger partial charge in [0.1, 0.15) is 0 Å². The van der Waals surface area contributed by atoms with Gasteiger partial charge in [-0.15, -0.1) is 0 Å². The predicted molar refractivity (Wildman–Crippen MR) is 127 cm³/mol. The number of rotatable bonds is 7. The van der Waals surface area contributed by atoms with Gasteiger partial charge in [-0.25, -0.2) is 19.9 Å². The molecular weight excluding hydrogens is 422 g/mol. The molecule has 1 aromatic carbocycles. The summed E-state index contributed by atoms with van der Waals surface area (Å²) in [5.74, 6) is 0.511. The number of hydrogen-bond acceptors (Lipinski definition) is 8. The molecule has 1 amide bonds. The van der Waals surface area contributed by atoms with Crippen LogP contribution in [0, 0.1) is 0 Å². The number of nitrogens with zero attached hydrogens (tertiary/aromatic N) is 6. The SMILES string of the molecule is CSc1ncc2c(n1)CCc1cnc(Nc3ccc(C(=O)N(C)CCN(C)C)cc3)nc1-2. The zero-order valence-corrected chi connectivity index (χ0v) is 19.6. The summed E-state index contributed by atoms with van der Waals surface area (Å²) in [7, 11) is 5.81. The number of thioether (sulfide) groups is 1. The number of carbonyl (C=O) groups is 1. The highest BCUT2D eigenvalue weighted by Crippen LogP contribution is 2.32. The van der Waals surface area contributed by atoms with Crippen molar-refractivity contribution in [3.63, 3.8) is 0 Å². The molecule has 4 rings (SSSR count). The molecule has 32 heavy (non-hydrogen) atoms. The van der Waals surface area contributed by atoms with Crippen molar-refractivity contribution < 1.29 is 4.79 Å². The lowest BCUT2D eigenvalue weighted by molar-refractivity contribution is 0.0786. The molecule has 0 spiro atoms. The van der Waals surface area contributed by atoms with Gasteiger partial charge in [0.2, 0.25) is 5.95 Å². The van der Waals surface area contributed by atoms with Crippen LogP contribution in [0.5, 0.6) is 0 Å². The maximum atomic E-state index is 12.6. The normalized spacial score (nSPS) is 12.3. The van der Waals surface area contributed by atoms with Crippen LogP contribution in [0.2, 0.25) is 0 Å². The number of amides is 1.